The normalized spacial score (nSPS) is 22.5. The fourth-order valence-corrected chi connectivity index (χ4v) is 0.920. The van der Waals surface area contributed by atoms with Crippen LogP contribution in [0.3, 0.4) is 0 Å². The van der Waals surface area contributed by atoms with Crippen molar-refractivity contribution in [2.24, 2.45) is 0 Å². The second-order valence-electron chi connectivity index (χ2n) is 2.51. The first kappa shape index (κ1) is 7.98. The third-order valence-electron chi connectivity index (χ3n) is 1.75. The molecular formula is C6H10BN2O2. The molecule has 1 heterocycles. The van der Waals surface area contributed by atoms with E-state index in [1.54, 1.807) is 11.0 Å². The lowest BCUT2D eigenvalue weighted by Crippen LogP contribution is -2.38. The highest BCUT2D eigenvalue weighted by atomic mass is 16.4. The number of hydrogen-bond acceptors (Lipinski definition) is 3. The minimum absolute atomic E-state index is 0.103. The Bertz CT molecular complexity index is 195. The predicted octanol–water partition coefficient (Wildman–Crippen LogP) is 0.348. The molecule has 0 fully saturated rings. The van der Waals surface area contributed by atoms with Crippen LogP contribution in [0, 0.1) is 0 Å². The van der Waals surface area contributed by atoms with Gasteiger partial charge in [0, 0.05) is 19.4 Å². The van der Waals surface area contributed by atoms with Crippen molar-refractivity contribution in [1.82, 2.24) is 9.71 Å². The molecule has 0 aromatic heterocycles. The Morgan fingerprint density at radius 1 is 1.64 bits per heavy atom. The SMILES string of the molecule is CC1N(C)C=CN1[B]C(=O)O. The molecule has 1 atom stereocenters. The maximum Gasteiger partial charge on any atom is 0.394 e. The summed E-state index contributed by atoms with van der Waals surface area (Å²) in [6.45, 7) is 1.93. The smallest absolute Gasteiger partial charge is 0.394 e. The van der Waals surface area contributed by atoms with Gasteiger partial charge in [0.2, 0.25) is 0 Å². The van der Waals surface area contributed by atoms with Gasteiger partial charge in [0.05, 0.1) is 6.17 Å². The van der Waals surface area contributed by atoms with Gasteiger partial charge in [0.15, 0.2) is 0 Å². The molecule has 1 rings (SSSR count). The Balaban J connectivity index is 2.49. The number of carbonyl (C=O) groups is 1. The van der Waals surface area contributed by atoms with Gasteiger partial charge in [-0.15, -0.1) is 0 Å². The molecule has 1 aliphatic rings. The van der Waals surface area contributed by atoms with E-state index in [1.165, 1.54) is 0 Å². The molecule has 5 heteroatoms. The Kier molecular flexibility index (Phi) is 2.07. The van der Waals surface area contributed by atoms with Gasteiger partial charge in [-0.2, -0.15) is 0 Å². The molecule has 11 heavy (non-hydrogen) atoms. The van der Waals surface area contributed by atoms with Crippen molar-refractivity contribution in [1.29, 1.82) is 0 Å². The van der Waals surface area contributed by atoms with E-state index in [2.05, 4.69) is 0 Å². The van der Waals surface area contributed by atoms with Crippen LogP contribution >= 0.6 is 0 Å². The van der Waals surface area contributed by atoms with E-state index in [0.29, 0.717) is 0 Å². The highest BCUT2D eigenvalue weighted by Crippen LogP contribution is 2.10. The zero-order valence-corrected chi connectivity index (χ0v) is 6.56. The van der Waals surface area contributed by atoms with Gasteiger partial charge < -0.3 is 14.8 Å². The van der Waals surface area contributed by atoms with Crippen molar-refractivity contribution < 1.29 is 9.90 Å². The van der Waals surface area contributed by atoms with E-state index in [0.717, 1.165) is 7.41 Å². The van der Waals surface area contributed by atoms with Gasteiger partial charge in [-0.3, -0.25) is 4.79 Å². The topological polar surface area (TPSA) is 43.8 Å². The Labute approximate surface area is 66.4 Å². The minimum atomic E-state index is -0.920. The molecule has 0 aromatic rings. The Hall–Kier alpha value is -1.13. The van der Waals surface area contributed by atoms with E-state index >= 15 is 0 Å². The van der Waals surface area contributed by atoms with Crippen LogP contribution in [0.2, 0.25) is 0 Å². The van der Waals surface area contributed by atoms with Crippen molar-refractivity contribution >= 4 is 13.3 Å². The van der Waals surface area contributed by atoms with Crippen LogP contribution in [-0.4, -0.2) is 41.3 Å². The van der Waals surface area contributed by atoms with Gasteiger partial charge >= 0.3 is 7.41 Å². The monoisotopic (exact) mass is 153 g/mol. The lowest BCUT2D eigenvalue weighted by Gasteiger charge is -2.24. The summed E-state index contributed by atoms with van der Waals surface area (Å²) >= 11 is 0. The largest absolute Gasteiger partial charge is 0.488 e. The molecule has 1 unspecified atom stereocenters. The van der Waals surface area contributed by atoms with E-state index in [1.807, 2.05) is 25.1 Å². The molecule has 0 aliphatic carbocycles. The molecule has 59 valence electrons. The second kappa shape index (κ2) is 2.86. The zero-order valence-electron chi connectivity index (χ0n) is 6.56. The summed E-state index contributed by atoms with van der Waals surface area (Å²) < 4.78 is 0. The highest BCUT2D eigenvalue weighted by Gasteiger charge is 2.21. The average Bonchev–Trinajstić information content (AvgIpc) is 2.18. The van der Waals surface area contributed by atoms with Crippen LogP contribution in [0.1, 0.15) is 6.92 Å². The average molecular weight is 153 g/mol. The summed E-state index contributed by atoms with van der Waals surface area (Å²) in [6.07, 6.45) is 3.68. The first-order valence-electron chi connectivity index (χ1n) is 3.37. The molecule has 1 aliphatic heterocycles. The molecule has 4 nitrogen and oxygen atoms in total. The molecule has 0 bridgehead atoms. The van der Waals surface area contributed by atoms with Gasteiger partial charge in [-0.1, -0.05) is 0 Å². The first-order chi connectivity index (χ1) is 5.11. The number of nitrogens with zero attached hydrogens (tertiary/aromatic N) is 2. The summed E-state index contributed by atoms with van der Waals surface area (Å²) in [5, 5.41) is 8.43. The van der Waals surface area contributed by atoms with Gasteiger partial charge in [0.1, 0.15) is 0 Å². The van der Waals surface area contributed by atoms with Crippen molar-refractivity contribution in [2.75, 3.05) is 7.05 Å². The number of carboxylic acid groups (broad SMARTS) is 1. The van der Waals surface area contributed by atoms with Crippen LogP contribution in [-0.2, 0) is 0 Å². The van der Waals surface area contributed by atoms with Crippen LogP contribution < -0.4 is 0 Å². The number of rotatable bonds is 2. The maximum atomic E-state index is 10.3. The first-order valence-corrected chi connectivity index (χ1v) is 3.37. The molecule has 0 saturated carbocycles. The zero-order chi connectivity index (χ0) is 8.43. The lowest BCUT2D eigenvalue weighted by atomic mass is 9.92. The minimum Gasteiger partial charge on any atom is -0.488 e. The quantitative estimate of drug-likeness (QED) is 0.581. The van der Waals surface area contributed by atoms with Crippen LogP contribution in [0.5, 0.6) is 0 Å². The van der Waals surface area contributed by atoms with Crippen molar-refractivity contribution in [2.45, 2.75) is 13.1 Å². The number of hydrogen-bond donors (Lipinski definition) is 1. The summed E-state index contributed by atoms with van der Waals surface area (Å²) in [5.41, 5.74) is 0. The van der Waals surface area contributed by atoms with Crippen molar-refractivity contribution in [3.63, 3.8) is 0 Å². The van der Waals surface area contributed by atoms with Gasteiger partial charge in [0.25, 0.3) is 5.87 Å². The molecule has 0 amide bonds. The fraction of sp³-hybridized carbons (Fsp3) is 0.500. The Morgan fingerprint density at radius 3 is 2.64 bits per heavy atom. The highest BCUT2D eigenvalue weighted by molar-refractivity contribution is 6.69. The van der Waals surface area contributed by atoms with E-state index in [9.17, 15) is 4.79 Å². The summed E-state index contributed by atoms with van der Waals surface area (Å²) in [6, 6.07) is 0. The van der Waals surface area contributed by atoms with Gasteiger partial charge in [-0.05, 0) is 6.92 Å². The van der Waals surface area contributed by atoms with Crippen molar-refractivity contribution in [3.8, 4) is 0 Å². The molecular weight excluding hydrogens is 143 g/mol. The fourth-order valence-electron chi connectivity index (χ4n) is 0.920. The van der Waals surface area contributed by atoms with E-state index in [-0.39, 0.29) is 6.17 Å². The van der Waals surface area contributed by atoms with Crippen LogP contribution in [0.4, 0.5) is 4.79 Å². The predicted molar refractivity (Wildman–Crippen MR) is 42.0 cm³/mol. The maximum absolute atomic E-state index is 10.3. The van der Waals surface area contributed by atoms with E-state index in [4.69, 9.17) is 5.11 Å². The summed E-state index contributed by atoms with van der Waals surface area (Å²) in [7, 11) is 3.06. The third kappa shape index (κ3) is 1.66. The van der Waals surface area contributed by atoms with Crippen LogP contribution in [0.15, 0.2) is 12.4 Å². The van der Waals surface area contributed by atoms with Crippen molar-refractivity contribution in [3.05, 3.63) is 12.4 Å². The Morgan fingerprint density at radius 2 is 2.27 bits per heavy atom. The van der Waals surface area contributed by atoms with Gasteiger partial charge in [-0.25, -0.2) is 0 Å². The molecule has 0 aromatic carbocycles. The molecule has 1 N–H and O–H groups in total. The second-order valence-corrected chi connectivity index (χ2v) is 2.51. The molecule has 0 spiro atoms. The lowest BCUT2D eigenvalue weighted by molar-refractivity contribution is 0.214. The third-order valence-corrected chi connectivity index (χ3v) is 1.75. The van der Waals surface area contributed by atoms with Crippen LogP contribution in [0.25, 0.3) is 0 Å². The standard InChI is InChI=1S/C6H10BN2O2/c1-5-8(2)3-4-9(5)7-6(10)11/h3-5H,1-2H3,(H,10,11). The summed E-state index contributed by atoms with van der Waals surface area (Å²) in [4.78, 5) is 13.8. The molecule has 1 radical (unpaired) electrons. The van der Waals surface area contributed by atoms with E-state index < -0.39 is 5.87 Å². The summed E-state index contributed by atoms with van der Waals surface area (Å²) in [5.74, 6) is -0.920. The molecule has 0 saturated heterocycles.